The molecule has 2 aliphatic heterocycles. The summed E-state index contributed by atoms with van der Waals surface area (Å²) in [5.41, 5.74) is 7.07. The predicted octanol–water partition coefficient (Wildman–Crippen LogP) is 1.91. The van der Waals surface area contributed by atoms with Crippen molar-refractivity contribution >= 4 is 36.5 Å². The summed E-state index contributed by atoms with van der Waals surface area (Å²) < 4.78 is 11.1. The molecule has 0 aromatic carbocycles. The molecule has 0 spiro atoms. The third-order valence-electron chi connectivity index (χ3n) is 5.10. The summed E-state index contributed by atoms with van der Waals surface area (Å²) in [6.45, 7) is 7.66. The summed E-state index contributed by atoms with van der Waals surface area (Å²) >= 11 is 0. The van der Waals surface area contributed by atoms with Crippen molar-refractivity contribution in [2.75, 3.05) is 31.2 Å². The first-order valence-electron chi connectivity index (χ1n) is 9.49. The van der Waals surface area contributed by atoms with E-state index in [0.717, 1.165) is 37.3 Å². The number of morpholine rings is 1. The van der Waals surface area contributed by atoms with Crippen molar-refractivity contribution in [2.24, 2.45) is 11.7 Å². The first-order valence-corrected chi connectivity index (χ1v) is 9.49. The molecule has 0 bridgehead atoms. The minimum absolute atomic E-state index is 0. The van der Waals surface area contributed by atoms with E-state index in [1.54, 1.807) is 0 Å². The standard InChI is InChI=1S/C19H30N4O3.2ClH/c1-13-11-23(12-14(2)26-13)17-4-3-15(9-21-17)10-22-19(24)18(20)16-5-7-25-8-6-16;;/h3-4,9,13-14,16,18H,5-8,10-12,20H2,1-2H3,(H,22,24);2*1H. The average Bonchev–Trinajstić information content (AvgIpc) is 2.66. The predicted molar refractivity (Wildman–Crippen MR) is 114 cm³/mol. The fraction of sp³-hybridized carbons (Fsp3) is 0.684. The Labute approximate surface area is 179 Å². The zero-order valence-corrected chi connectivity index (χ0v) is 18.1. The highest BCUT2D eigenvalue weighted by molar-refractivity contribution is 5.85. The molecule has 3 heterocycles. The van der Waals surface area contributed by atoms with Crippen molar-refractivity contribution in [2.45, 2.75) is 51.5 Å². The Morgan fingerprint density at radius 2 is 1.89 bits per heavy atom. The highest BCUT2D eigenvalue weighted by atomic mass is 35.5. The summed E-state index contributed by atoms with van der Waals surface area (Å²) in [6, 6.07) is 3.54. The van der Waals surface area contributed by atoms with E-state index in [1.807, 2.05) is 18.3 Å². The van der Waals surface area contributed by atoms with Gasteiger partial charge in [-0.2, -0.15) is 0 Å². The number of anilines is 1. The summed E-state index contributed by atoms with van der Waals surface area (Å²) in [6.07, 6.45) is 3.92. The maximum Gasteiger partial charge on any atom is 0.237 e. The van der Waals surface area contributed by atoms with Crippen LogP contribution in [0.5, 0.6) is 0 Å². The van der Waals surface area contributed by atoms with Crippen LogP contribution in [-0.4, -0.2) is 55.4 Å². The highest BCUT2D eigenvalue weighted by Gasteiger charge is 2.26. The number of pyridine rings is 1. The number of hydrogen-bond donors (Lipinski definition) is 2. The quantitative estimate of drug-likeness (QED) is 0.735. The van der Waals surface area contributed by atoms with Gasteiger partial charge in [-0.3, -0.25) is 4.79 Å². The first-order chi connectivity index (χ1) is 12.5. The molecule has 2 saturated heterocycles. The van der Waals surface area contributed by atoms with Gasteiger partial charge in [0.15, 0.2) is 0 Å². The highest BCUT2D eigenvalue weighted by Crippen LogP contribution is 2.19. The lowest BCUT2D eigenvalue weighted by Crippen LogP contribution is -2.46. The van der Waals surface area contributed by atoms with Crippen LogP contribution in [0, 0.1) is 5.92 Å². The van der Waals surface area contributed by atoms with Gasteiger partial charge in [-0.1, -0.05) is 6.07 Å². The van der Waals surface area contributed by atoms with E-state index in [4.69, 9.17) is 15.2 Å². The monoisotopic (exact) mass is 434 g/mol. The van der Waals surface area contributed by atoms with Crippen LogP contribution >= 0.6 is 24.8 Å². The van der Waals surface area contributed by atoms with Crippen LogP contribution in [0.15, 0.2) is 18.3 Å². The molecule has 3 atom stereocenters. The van der Waals surface area contributed by atoms with Crippen LogP contribution in [0.3, 0.4) is 0 Å². The molecular formula is C19H32Cl2N4O3. The van der Waals surface area contributed by atoms with Crippen LogP contribution in [0.4, 0.5) is 5.82 Å². The van der Waals surface area contributed by atoms with Gasteiger partial charge in [-0.15, -0.1) is 24.8 Å². The van der Waals surface area contributed by atoms with Crippen molar-refractivity contribution < 1.29 is 14.3 Å². The van der Waals surface area contributed by atoms with E-state index in [2.05, 4.69) is 29.0 Å². The zero-order valence-electron chi connectivity index (χ0n) is 16.5. The van der Waals surface area contributed by atoms with Gasteiger partial charge >= 0.3 is 0 Å². The van der Waals surface area contributed by atoms with Crippen molar-refractivity contribution in [3.05, 3.63) is 23.9 Å². The number of nitrogens with two attached hydrogens (primary N) is 1. The minimum atomic E-state index is -0.470. The second kappa shape index (κ2) is 11.8. The Hall–Kier alpha value is -1.12. The van der Waals surface area contributed by atoms with E-state index >= 15 is 0 Å². The topological polar surface area (TPSA) is 89.7 Å². The molecule has 9 heteroatoms. The van der Waals surface area contributed by atoms with Gasteiger partial charge in [0.05, 0.1) is 18.2 Å². The molecule has 0 aliphatic carbocycles. The van der Waals surface area contributed by atoms with Gasteiger partial charge < -0.3 is 25.4 Å². The normalized spacial score (nSPS) is 23.9. The molecule has 0 radical (unpaired) electrons. The Balaban J connectivity index is 0.00000196. The largest absolute Gasteiger partial charge is 0.381 e. The number of rotatable bonds is 5. The fourth-order valence-electron chi connectivity index (χ4n) is 3.67. The summed E-state index contributed by atoms with van der Waals surface area (Å²) in [5.74, 6) is 1.05. The third-order valence-corrected chi connectivity index (χ3v) is 5.10. The number of halogens is 2. The summed E-state index contributed by atoms with van der Waals surface area (Å²) in [5, 5.41) is 2.93. The Kier molecular flexibility index (Phi) is 10.5. The Bertz CT molecular complexity index is 589. The van der Waals surface area contributed by atoms with Crippen molar-refractivity contribution in [3.63, 3.8) is 0 Å². The van der Waals surface area contributed by atoms with Gasteiger partial charge in [0.1, 0.15) is 5.82 Å². The van der Waals surface area contributed by atoms with E-state index in [1.165, 1.54) is 0 Å². The molecule has 0 saturated carbocycles. The van der Waals surface area contributed by atoms with E-state index in [0.29, 0.717) is 19.8 Å². The maximum absolute atomic E-state index is 12.3. The number of nitrogens with one attached hydrogen (secondary N) is 1. The fourth-order valence-corrected chi connectivity index (χ4v) is 3.67. The number of ether oxygens (including phenoxy) is 2. The van der Waals surface area contributed by atoms with Crippen LogP contribution in [-0.2, 0) is 20.8 Å². The van der Waals surface area contributed by atoms with Crippen LogP contribution in [0.2, 0.25) is 0 Å². The van der Waals surface area contributed by atoms with E-state index in [9.17, 15) is 4.79 Å². The van der Waals surface area contributed by atoms with Crippen molar-refractivity contribution in [3.8, 4) is 0 Å². The minimum Gasteiger partial charge on any atom is -0.381 e. The number of nitrogens with zero attached hydrogens (tertiary/aromatic N) is 2. The summed E-state index contributed by atoms with van der Waals surface area (Å²) in [4.78, 5) is 19.1. The molecular weight excluding hydrogens is 403 g/mol. The molecule has 1 amide bonds. The number of carbonyl (C=O) groups is 1. The van der Waals surface area contributed by atoms with E-state index in [-0.39, 0.29) is 48.8 Å². The second-order valence-corrected chi connectivity index (χ2v) is 7.38. The lowest BCUT2D eigenvalue weighted by atomic mass is 9.92. The molecule has 3 rings (SSSR count). The number of amides is 1. The average molecular weight is 435 g/mol. The molecule has 2 aliphatic rings. The number of hydrogen-bond acceptors (Lipinski definition) is 6. The Morgan fingerprint density at radius 3 is 2.46 bits per heavy atom. The number of aromatic nitrogens is 1. The molecule has 1 aromatic rings. The molecule has 160 valence electrons. The lowest BCUT2D eigenvalue weighted by molar-refractivity contribution is -0.124. The summed E-state index contributed by atoms with van der Waals surface area (Å²) in [7, 11) is 0. The zero-order chi connectivity index (χ0) is 18.5. The smallest absolute Gasteiger partial charge is 0.237 e. The number of carbonyl (C=O) groups excluding carboxylic acids is 1. The van der Waals surface area contributed by atoms with Gasteiger partial charge in [0, 0.05) is 39.0 Å². The first kappa shape index (κ1) is 24.9. The molecule has 7 nitrogen and oxygen atoms in total. The Morgan fingerprint density at radius 1 is 1.25 bits per heavy atom. The van der Waals surface area contributed by atoms with Crippen molar-refractivity contribution in [1.82, 2.24) is 10.3 Å². The molecule has 3 unspecified atom stereocenters. The molecule has 3 N–H and O–H groups in total. The SMILES string of the molecule is CC1CN(c2ccc(CNC(=O)C(N)C3CCOCC3)cn2)CC(C)O1.Cl.Cl. The van der Waals surface area contributed by atoms with Crippen LogP contribution in [0.25, 0.3) is 0 Å². The molecule has 1 aromatic heterocycles. The van der Waals surface area contributed by atoms with Gasteiger partial charge in [-0.05, 0) is 44.2 Å². The van der Waals surface area contributed by atoms with Crippen LogP contribution < -0.4 is 16.0 Å². The van der Waals surface area contributed by atoms with Gasteiger partial charge in [0.25, 0.3) is 0 Å². The van der Waals surface area contributed by atoms with Gasteiger partial charge in [-0.25, -0.2) is 4.98 Å². The lowest BCUT2D eigenvalue weighted by Gasteiger charge is -2.36. The second-order valence-electron chi connectivity index (χ2n) is 7.38. The van der Waals surface area contributed by atoms with Crippen LogP contribution in [0.1, 0.15) is 32.3 Å². The van der Waals surface area contributed by atoms with Crippen molar-refractivity contribution in [1.29, 1.82) is 0 Å². The molecule has 28 heavy (non-hydrogen) atoms. The maximum atomic E-state index is 12.3. The van der Waals surface area contributed by atoms with Gasteiger partial charge in [0.2, 0.25) is 5.91 Å². The molecule has 2 fully saturated rings. The van der Waals surface area contributed by atoms with E-state index < -0.39 is 6.04 Å². The third kappa shape index (κ3) is 6.74.